The molecule has 0 aliphatic heterocycles. The fourth-order valence-corrected chi connectivity index (χ4v) is 1.80. The number of pyridine rings is 1. The fourth-order valence-electron chi connectivity index (χ4n) is 1.80. The molecule has 2 rings (SSSR count). The van der Waals surface area contributed by atoms with Crippen molar-refractivity contribution in [1.29, 1.82) is 0 Å². The Morgan fingerprint density at radius 2 is 2.37 bits per heavy atom. The number of azide groups is 1. The third-order valence-corrected chi connectivity index (χ3v) is 2.62. The summed E-state index contributed by atoms with van der Waals surface area (Å²) >= 11 is 0. The van der Waals surface area contributed by atoms with Crippen LogP contribution in [0.1, 0.15) is 23.7 Å². The molecule has 0 unspecified atom stereocenters. The first-order valence-electron chi connectivity index (χ1n) is 5.70. The monoisotopic (exact) mass is 260 g/mol. The van der Waals surface area contributed by atoms with Crippen LogP contribution < -0.4 is 0 Å². The van der Waals surface area contributed by atoms with Crippen molar-refractivity contribution < 1.29 is 9.53 Å². The summed E-state index contributed by atoms with van der Waals surface area (Å²) < 4.78 is 6.34. The molecule has 0 aromatic carbocycles. The molecule has 0 fully saturated rings. The average Bonchev–Trinajstić information content (AvgIpc) is 2.83. The normalized spacial score (nSPS) is 10.2. The Labute approximate surface area is 108 Å². The van der Waals surface area contributed by atoms with Gasteiger partial charge in [0.2, 0.25) is 0 Å². The van der Waals surface area contributed by atoms with Crippen LogP contribution in [0.3, 0.4) is 0 Å². The van der Waals surface area contributed by atoms with E-state index in [0.717, 1.165) is 6.42 Å². The zero-order chi connectivity index (χ0) is 13.8. The Kier molecular flexibility index (Phi) is 3.63. The van der Waals surface area contributed by atoms with Gasteiger partial charge in [0.25, 0.3) is 0 Å². The molecule has 19 heavy (non-hydrogen) atoms. The lowest BCUT2D eigenvalue weighted by Gasteiger charge is -2.05. The predicted octanol–water partition coefficient (Wildman–Crippen LogP) is 2.57. The maximum atomic E-state index is 11.6. The van der Waals surface area contributed by atoms with Gasteiger partial charge < -0.3 is 4.74 Å². The van der Waals surface area contributed by atoms with Crippen molar-refractivity contribution in [2.24, 2.45) is 5.11 Å². The lowest BCUT2D eigenvalue weighted by atomic mass is 10.2. The maximum Gasteiger partial charge on any atom is 0.339 e. The van der Waals surface area contributed by atoms with E-state index in [4.69, 9.17) is 5.53 Å². The van der Waals surface area contributed by atoms with Gasteiger partial charge in [-0.05, 0) is 12.0 Å². The van der Waals surface area contributed by atoms with Crippen LogP contribution in [0.15, 0.2) is 17.5 Å². The van der Waals surface area contributed by atoms with E-state index in [-0.39, 0.29) is 11.3 Å². The predicted molar refractivity (Wildman–Crippen MR) is 68.0 cm³/mol. The third-order valence-electron chi connectivity index (χ3n) is 2.62. The summed E-state index contributed by atoms with van der Waals surface area (Å²) in [4.78, 5) is 18.5. The molecule has 0 saturated carbocycles. The maximum absolute atomic E-state index is 11.6. The summed E-state index contributed by atoms with van der Waals surface area (Å²) in [6.45, 7) is 2.72. The lowest BCUT2D eigenvalue weighted by Crippen LogP contribution is -2.04. The van der Waals surface area contributed by atoms with E-state index in [2.05, 4.69) is 24.8 Å². The van der Waals surface area contributed by atoms with Crippen molar-refractivity contribution in [3.8, 4) is 0 Å². The van der Waals surface area contributed by atoms with Crippen molar-refractivity contribution in [2.75, 3.05) is 7.11 Å². The molecular weight excluding hydrogens is 248 g/mol. The Morgan fingerprint density at radius 1 is 1.58 bits per heavy atom. The first-order valence-corrected chi connectivity index (χ1v) is 5.70. The second kappa shape index (κ2) is 5.36. The van der Waals surface area contributed by atoms with Crippen LogP contribution in [-0.4, -0.2) is 27.8 Å². The quantitative estimate of drug-likeness (QED) is 0.364. The smallest absolute Gasteiger partial charge is 0.339 e. The minimum Gasteiger partial charge on any atom is -0.465 e. The molecule has 0 bridgehead atoms. The molecule has 2 aromatic rings. The summed E-state index contributed by atoms with van der Waals surface area (Å²) in [6, 6.07) is 0. The first-order chi connectivity index (χ1) is 9.22. The van der Waals surface area contributed by atoms with Gasteiger partial charge in [-0.2, -0.15) is 5.10 Å². The number of hydrogen-bond donors (Lipinski definition) is 0. The molecule has 0 radical (unpaired) electrons. The number of aromatic nitrogens is 3. The highest BCUT2D eigenvalue weighted by Crippen LogP contribution is 2.29. The van der Waals surface area contributed by atoms with Gasteiger partial charge in [0.1, 0.15) is 0 Å². The summed E-state index contributed by atoms with van der Waals surface area (Å²) in [6.07, 6.45) is 3.77. The van der Waals surface area contributed by atoms with Crippen LogP contribution in [0, 0.1) is 0 Å². The van der Waals surface area contributed by atoms with E-state index in [1.54, 1.807) is 4.68 Å². The number of methoxy groups -OCH3 is 1. The standard InChI is InChI=1S/C11H12N6O2/c1-3-4-17-10-7(6-14-17)9(15-16-12)8(5-13-10)11(18)19-2/h5-6H,3-4H2,1-2H3. The Balaban J connectivity index is 2.71. The van der Waals surface area contributed by atoms with Crippen molar-refractivity contribution in [3.63, 3.8) is 0 Å². The van der Waals surface area contributed by atoms with E-state index in [1.165, 1.54) is 19.5 Å². The number of ether oxygens (including phenoxy) is 1. The first kappa shape index (κ1) is 12.8. The molecule has 2 heterocycles. The molecular formula is C11H12N6O2. The molecule has 0 atom stereocenters. The number of rotatable bonds is 4. The Bertz CT molecular complexity index is 671. The number of carbonyl (C=O) groups excluding carboxylic acids is 1. The van der Waals surface area contributed by atoms with Gasteiger partial charge in [0.05, 0.1) is 24.6 Å². The molecule has 0 N–H and O–H groups in total. The van der Waals surface area contributed by atoms with E-state index < -0.39 is 5.97 Å². The van der Waals surface area contributed by atoms with E-state index in [1.807, 2.05) is 6.92 Å². The molecule has 0 aliphatic rings. The second-order valence-electron chi connectivity index (χ2n) is 3.81. The SMILES string of the molecule is CCCn1ncc2c(N=[N+]=[N-])c(C(=O)OC)cnc21. The number of esters is 1. The highest BCUT2D eigenvalue weighted by atomic mass is 16.5. The van der Waals surface area contributed by atoms with Crippen LogP contribution in [0.4, 0.5) is 5.69 Å². The molecule has 0 amide bonds. The van der Waals surface area contributed by atoms with Gasteiger partial charge in [-0.3, -0.25) is 0 Å². The minimum absolute atomic E-state index is 0.129. The van der Waals surface area contributed by atoms with Crippen molar-refractivity contribution in [2.45, 2.75) is 19.9 Å². The second-order valence-corrected chi connectivity index (χ2v) is 3.81. The molecule has 0 aliphatic carbocycles. The Hall–Kier alpha value is -2.60. The van der Waals surface area contributed by atoms with Gasteiger partial charge >= 0.3 is 5.97 Å². The molecule has 0 saturated heterocycles. The van der Waals surface area contributed by atoms with Crippen molar-refractivity contribution >= 4 is 22.7 Å². The van der Waals surface area contributed by atoms with Gasteiger partial charge in [0, 0.05) is 23.0 Å². The highest BCUT2D eigenvalue weighted by molar-refractivity contribution is 6.02. The molecule has 2 aromatic heterocycles. The van der Waals surface area contributed by atoms with Gasteiger partial charge in [-0.1, -0.05) is 12.0 Å². The molecule has 98 valence electrons. The Morgan fingerprint density at radius 3 is 3.00 bits per heavy atom. The van der Waals surface area contributed by atoms with Crippen LogP contribution in [0.25, 0.3) is 21.5 Å². The van der Waals surface area contributed by atoms with Crippen LogP contribution >= 0.6 is 0 Å². The van der Waals surface area contributed by atoms with Crippen molar-refractivity contribution in [1.82, 2.24) is 14.8 Å². The van der Waals surface area contributed by atoms with E-state index in [9.17, 15) is 4.79 Å². The number of carbonyl (C=O) groups is 1. The summed E-state index contributed by atoms with van der Waals surface area (Å²) in [5.41, 5.74) is 9.53. The average molecular weight is 260 g/mol. The van der Waals surface area contributed by atoms with E-state index in [0.29, 0.717) is 17.6 Å². The zero-order valence-corrected chi connectivity index (χ0v) is 10.6. The third kappa shape index (κ3) is 2.21. The van der Waals surface area contributed by atoms with Gasteiger partial charge in [-0.25, -0.2) is 14.5 Å². The van der Waals surface area contributed by atoms with Crippen LogP contribution in [0.5, 0.6) is 0 Å². The summed E-state index contributed by atoms with van der Waals surface area (Å²) in [5, 5.41) is 8.27. The lowest BCUT2D eigenvalue weighted by molar-refractivity contribution is 0.0601. The van der Waals surface area contributed by atoms with Crippen molar-refractivity contribution in [3.05, 3.63) is 28.4 Å². The number of fused-ring (bicyclic) bond motifs is 1. The largest absolute Gasteiger partial charge is 0.465 e. The topological polar surface area (TPSA) is 106 Å². The fraction of sp³-hybridized carbons (Fsp3) is 0.364. The number of nitrogens with zero attached hydrogens (tertiary/aromatic N) is 6. The van der Waals surface area contributed by atoms with Crippen LogP contribution in [-0.2, 0) is 11.3 Å². The summed E-state index contributed by atoms with van der Waals surface area (Å²) in [5.74, 6) is -0.597. The number of hydrogen-bond acceptors (Lipinski definition) is 5. The van der Waals surface area contributed by atoms with Gasteiger partial charge in [-0.15, -0.1) is 0 Å². The van der Waals surface area contributed by atoms with Crippen LogP contribution in [0.2, 0.25) is 0 Å². The van der Waals surface area contributed by atoms with E-state index >= 15 is 0 Å². The molecule has 0 spiro atoms. The number of aryl methyl sites for hydroxylation is 1. The minimum atomic E-state index is -0.597. The zero-order valence-electron chi connectivity index (χ0n) is 10.6. The molecule has 8 heteroatoms. The summed E-state index contributed by atoms with van der Waals surface area (Å²) in [7, 11) is 1.26. The molecule has 8 nitrogen and oxygen atoms in total. The van der Waals surface area contributed by atoms with Gasteiger partial charge in [0.15, 0.2) is 5.65 Å². The highest BCUT2D eigenvalue weighted by Gasteiger charge is 2.17.